The van der Waals surface area contributed by atoms with Crippen LogP contribution in [0.5, 0.6) is 0 Å². The first-order chi connectivity index (χ1) is 36.0. The zero-order chi connectivity index (χ0) is 52.9. The van der Waals surface area contributed by atoms with Crippen molar-refractivity contribution in [1.29, 1.82) is 0 Å². The first kappa shape index (κ1) is 68.8. The monoisotopic (exact) mass is 1010 g/mol. The van der Waals surface area contributed by atoms with E-state index in [1.54, 1.807) is 0 Å². The molecule has 0 radical (unpaired) electrons. The van der Waals surface area contributed by atoms with E-state index in [9.17, 15) is 14.4 Å². The number of hydrogen-bond donors (Lipinski definition) is 0. The summed E-state index contributed by atoms with van der Waals surface area (Å²) in [6, 6.07) is 0. The van der Waals surface area contributed by atoms with Crippen LogP contribution in [-0.2, 0) is 28.6 Å². The van der Waals surface area contributed by atoms with Gasteiger partial charge in [0.1, 0.15) is 13.2 Å². The minimum absolute atomic E-state index is 0.118. The molecular weight excluding hydrogens is 901 g/mol. The predicted octanol–water partition coefficient (Wildman–Crippen LogP) is 20.4. The predicted molar refractivity (Wildman–Crippen MR) is 316 cm³/mol. The average Bonchev–Trinajstić information content (AvgIpc) is 3.39. The van der Waals surface area contributed by atoms with Gasteiger partial charge in [-0.15, -0.1) is 0 Å². The molecule has 0 aromatic rings. The van der Waals surface area contributed by atoms with E-state index in [0.717, 1.165) is 116 Å². The average molecular weight is 1010 g/mol. The van der Waals surface area contributed by atoms with Crippen LogP contribution in [0.3, 0.4) is 0 Å². The largest absolute Gasteiger partial charge is 0.462 e. The Labute approximate surface area is 450 Å². The smallest absolute Gasteiger partial charge is 0.306 e. The quantitative estimate of drug-likeness (QED) is 0.0199. The Bertz CT molecular complexity index is 1540. The molecule has 0 aromatic carbocycles. The number of esters is 3. The van der Waals surface area contributed by atoms with Gasteiger partial charge in [0.25, 0.3) is 0 Å². The van der Waals surface area contributed by atoms with Crippen LogP contribution in [0, 0.1) is 0 Å². The Hall–Kier alpha value is -4.19. The van der Waals surface area contributed by atoms with E-state index in [2.05, 4.69) is 136 Å². The van der Waals surface area contributed by atoms with Gasteiger partial charge in [-0.05, 0) is 109 Å². The highest BCUT2D eigenvalue weighted by Crippen LogP contribution is 2.14. The fraction of sp³-hybridized carbons (Fsp3) is 0.657. The highest BCUT2D eigenvalue weighted by atomic mass is 16.6. The lowest BCUT2D eigenvalue weighted by Crippen LogP contribution is -2.30. The van der Waals surface area contributed by atoms with Crippen molar-refractivity contribution in [3.63, 3.8) is 0 Å². The first-order valence-electron chi connectivity index (χ1n) is 30.1. The molecule has 0 rings (SSSR count). The second kappa shape index (κ2) is 60.4. The highest BCUT2D eigenvalue weighted by molar-refractivity contribution is 5.71. The zero-order valence-electron chi connectivity index (χ0n) is 47.4. The molecular formula is C67H110O6. The van der Waals surface area contributed by atoms with Gasteiger partial charge < -0.3 is 14.2 Å². The van der Waals surface area contributed by atoms with Crippen molar-refractivity contribution < 1.29 is 28.6 Å². The summed E-state index contributed by atoms with van der Waals surface area (Å²) in [6.07, 6.45) is 83.4. The highest BCUT2D eigenvalue weighted by Gasteiger charge is 2.19. The molecule has 0 heterocycles. The van der Waals surface area contributed by atoms with Crippen molar-refractivity contribution in [3.05, 3.63) is 122 Å². The third kappa shape index (κ3) is 58.6. The first-order valence-corrected chi connectivity index (χ1v) is 30.1. The van der Waals surface area contributed by atoms with Gasteiger partial charge in [-0.25, -0.2) is 0 Å². The lowest BCUT2D eigenvalue weighted by atomic mass is 10.1. The number of carbonyl (C=O) groups is 3. The third-order valence-corrected chi connectivity index (χ3v) is 12.5. The molecule has 0 amide bonds. The molecule has 1 unspecified atom stereocenters. The van der Waals surface area contributed by atoms with Gasteiger partial charge in [0.05, 0.1) is 0 Å². The van der Waals surface area contributed by atoms with Crippen molar-refractivity contribution in [2.45, 2.75) is 271 Å². The summed E-state index contributed by atoms with van der Waals surface area (Å²) in [5.74, 6) is -1.03. The van der Waals surface area contributed by atoms with E-state index >= 15 is 0 Å². The maximum absolute atomic E-state index is 12.9. The molecule has 6 nitrogen and oxygen atoms in total. The van der Waals surface area contributed by atoms with E-state index in [0.29, 0.717) is 12.8 Å². The molecule has 0 aromatic heterocycles. The summed E-state index contributed by atoms with van der Waals surface area (Å²) in [4.78, 5) is 38.2. The standard InChI is InChI=1S/C67H110O6/c1-4-7-10-13-16-19-22-25-28-31-34-37-39-42-45-48-51-54-57-60-66(69)72-63-64(73-67(70)61-58-55-52-49-46-43-40-36-33-30-27-24-21-18-15-12-9-6-3)62-71-65(68)59-56-53-50-47-44-41-38-35-32-29-26-23-20-17-14-11-8-5-2/h7,10,16,19,25,28-30,32-38,40,42,45,51,54,64H,4-6,8-9,11-15,17-18,20-24,26-27,31,39,41,43-44,46-50,52-53,55-63H2,1-3H3/b10-7-,19-16-,28-25-,32-29-,33-30-,37-34-,38-35-,40-36-,45-42-,54-51-. The lowest BCUT2D eigenvalue weighted by Gasteiger charge is -2.18. The summed E-state index contributed by atoms with van der Waals surface area (Å²) in [7, 11) is 0. The SMILES string of the molecule is CC/C=C\C/C=C\C/C=C\C/C=C\C/C=C\C/C=C\CCC(=O)OCC(COC(=O)CCCCCCC/C=C\C=C/CCCCCCCCC)OC(=O)CCCCCCC/C=C\C=C/CCCCCCCCC. The van der Waals surface area contributed by atoms with Crippen LogP contribution in [0.15, 0.2) is 122 Å². The Balaban J connectivity index is 4.57. The van der Waals surface area contributed by atoms with Crippen LogP contribution < -0.4 is 0 Å². The molecule has 0 N–H and O–H groups in total. The van der Waals surface area contributed by atoms with Crippen LogP contribution in [0.4, 0.5) is 0 Å². The van der Waals surface area contributed by atoms with Crippen LogP contribution in [0.1, 0.15) is 265 Å². The maximum atomic E-state index is 12.9. The third-order valence-electron chi connectivity index (χ3n) is 12.5. The number of ether oxygens (including phenoxy) is 3. The number of unbranched alkanes of at least 4 members (excludes halogenated alkanes) is 24. The van der Waals surface area contributed by atoms with E-state index in [1.165, 1.54) is 103 Å². The molecule has 0 fully saturated rings. The molecule has 0 aliphatic carbocycles. The van der Waals surface area contributed by atoms with Gasteiger partial charge in [-0.1, -0.05) is 258 Å². The van der Waals surface area contributed by atoms with Crippen molar-refractivity contribution in [2.75, 3.05) is 13.2 Å². The zero-order valence-corrected chi connectivity index (χ0v) is 47.4. The van der Waals surface area contributed by atoms with E-state index < -0.39 is 6.10 Å². The maximum Gasteiger partial charge on any atom is 0.306 e. The number of carbonyl (C=O) groups excluding carboxylic acids is 3. The van der Waals surface area contributed by atoms with Crippen molar-refractivity contribution in [2.24, 2.45) is 0 Å². The van der Waals surface area contributed by atoms with Crippen molar-refractivity contribution in [3.8, 4) is 0 Å². The molecule has 0 bridgehead atoms. The molecule has 6 heteroatoms. The van der Waals surface area contributed by atoms with Crippen LogP contribution in [-0.4, -0.2) is 37.2 Å². The molecule has 0 saturated carbocycles. The summed E-state index contributed by atoms with van der Waals surface area (Å²) in [5.41, 5.74) is 0. The van der Waals surface area contributed by atoms with Crippen LogP contribution >= 0.6 is 0 Å². The fourth-order valence-corrected chi connectivity index (χ4v) is 7.98. The normalized spacial score (nSPS) is 13.0. The van der Waals surface area contributed by atoms with Gasteiger partial charge in [-0.2, -0.15) is 0 Å². The fourth-order valence-electron chi connectivity index (χ4n) is 7.98. The van der Waals surface area contributed by atoms with Gasteiger partial charge in [0, 0.05) is 19.3 Å². The topological polar surface area (TPSA) is 78.9 Å². The van der Waals surface area contributed by atoms with Crippen molar-refractivity contribution >= 4 is 17.9 Å². The molecule has 414 valence electrons. The van der Waals surface area contributed by atoms with Crippen molar-refractivity contribution in [1.82, 2.24) is 0 Å². The molecule has 0 saturated heterocycles. The summed E-state index contributed by atoms with van der Waals surface area (Å²) in [5, 5.41) is 0. The van der Waals surface area contributed by atoms with Gasteiger partial charge >= 0.3 is 17.9 Å². The lowest BCUT2D eigenvalue weighted by molar-refractivity contribution is -0.166. The Morgan fingerprint density at radius 2 is 0.603 bits per heavy atom. The van der Waals surface area contributed by atoms with Crippen LogP contribution in [0.25, 0.3) is 0 Å². The van der Waals surface area contributed by atoms with Gasteiger partial charge in [0.15, 0.2) is 6.10 Å². The van der Waals surface area contributed by atoms with Gasteiger partial charge in [0.2, 0.25) is 0 Å². The minimum atomic E-state index is -0.828. The van der Waals surface area contributed by atoms with E-state index in [-0.39, 0.29) is 44.0 Å². The summed E-state index contributed by atoms with van der Waals surface area (Å²) in [6.45, 7) is 6.43. The van der Waals surface area contributed by atoms with E-state index in [4.69, 9.17) is 14.2 Å². The summed E-state index contributed by atoms with van der Waals surface area (Å²) >= 11 is 0. The Morgan fingerprint density at radius 1 is 0.301 bits per heavy atom. The minimum Gasteiger partial charge on any atom is -0.462 e. The number of hydrogen-bond acceptors (Lipinski definition) is 6. The molecule has 1 atom stereocenters. The van der Waals surface area contributed by atoms with E-state index in [1.807, 2.05) is 6.08 Å². The molecule has 0 aliphatic rings. The number of allylic oxidation sites excluding steroid dienone is 20. The Kier molecular flexibility index (Phi) is 56.9. The molecule has 0 spiro atoms. The number of rotatable bonds is 53. The summed E-state index contributed by atoms with van der Waals surface area (Å²) < 4.78 is 16.8. The van der Waals surface area contributed by atoms with Crippen LogP contribution in [0.2, 0.25) is 0 Å². The van der Waals surface area contributed by atoms with Gasteiger partial charge in [-0.3, -0.25) is 14.4 Å². The second-order valence-corrected chi connectivity index (χ2v) is 19.6. The second-order valence-electron chi connectivity index (χ2n) is 19.6. The molecule has 73 heavy (non-hydrogen) atoms. The molecule has 0 aliphatic heterocycles. The Morgan fingerprint density at radius 3 is 0.973 bits per heavy atom.